The SMILES string of the molecule is CCOC1CCC(CN2C[C@H](c3ccccn3)N(C3CCN(C4(C)CCN(C(=O)c5c(C)cc(C#N)nc5C)CC4)CC3)C2=O)CC1. The molecule has 0 bridgehead atoms. The van der Waals surface area contributed by atoms with E-state index < -0.39 is 0 Å². The van der Waals surface area contributed by atoms with Crippen LogP contribution in [-0.2, 0) is 4.74 Å². The number of hydrogen-bond acceptors (Lipinski definition) is 7. The molecule has 0 radical (unpaired) electrons. The number of pyridine rings is 2. The minimum atomic E-state index is -0.0199. The van der Waals surface area contributed by atoms with Crippen molar-refractivity contribution in [2.24, 2.45) is 5.92 Å². The van der Waals surface area contributed by atoms with E-state index in [1.54, 1.807) is 6.07 Å². The highest BCUT2D eigenvalue weighted by Crippen LogP contribution is 2.38. The molecule has 10 heteroatoms. The largest absolute Gasteiger partial charge is 0.379 e. The monoisotopic (exact) mass is 641 g/mol. The lowest BCUT2D eigenvalue weighted by molar-refractivity contribution is 0.00473. The summed E-state index contributed by atoms with van der Waals surface area (Å²) >= 11 is 0. The number of nitrogens with zero attached hydrogens (tertiary/aromatic N) is 7. The molecule has 2 aromatic rings. The van der Waals surface area contributed by atoms with E-state index in [0.29, 0.717) is 48.6 Å². The standard InChI is InChI=1S/C37H51N7O3/c1-5-47-31-11-9-28(10-12-31)24-42-25-33(32-8-6-7-17-39-32)44(36(42)46)30-13-18-43(19-14-30)37(4)15-20-41(21-16-37)35(45)34-26(2)22-29(23-38)40-27(34)3/h6-8,17,22,28,30-31,33H,5,9-16,18-21,24-25H2,1-4H3/t28?,31?,33-/m1/s1. The number of carbonyl (C=O) groups excluding carboxylic acids is 2. The van der Waals surface area contributed by atoms with Gasteiger partial charge in [-0.2, -0.15) is 5.26 Å². The fraction of sp³-hybridized carbons (Fsp3) is 0.649. The van der Waals surface area contributed by atoms with E-state index in [2.05, 4.69) is 45.7 Å². The van der Waals surface area contributed by atoms with Crippen LogP contribution in [0.25, 0.3) is 0 Å². The Bertz CT molecular complexity index is 1430. The molecule has 0 spiro atoms. The topological polar surface area (TPSA) is 106 Å². The van der Waals surface area contributed by atoms with Crippen LogP contribution in [0.3, 0.4) is 0 Å². The van der Waals surface area contributed by atoms with Gasteiger partial charge in [0.15, 0.2) is 0 Å². The minimum absolute atomic E-state index is 0.0104. The van der Waals surface area contributed by atoms with Crippen molar-refractivity contribution in [3.05, 3.63) is 58.7 Å². The van der Waals surface area contributed by atoms with Crippen molar-refractivity contribution in [3.63, 3.8) is 0 Å². The van der Waals surface area contributed by atoms with Gasteiger partial charge in [-0.25, -0.2) is 9.78 Å². The van der Waals surface area contributed by atoms with Gasteiger partial charge in [0.25, 0.3) is 5.91 Å². The van der Waals surface area contributed by atoms with Gasteiger partial charge in [0.2, 0.25) is 0 Å². The summed E-state index contributed by atoms with van der Waals surface area (Å²) in [4.78, 5) is 45.5. The molecule has 2 aromatic heterocycles. The van der Waals surface area contributed by atoms with Gasteiger partial charge in [-0.15, -0.1) is 0 Å². The second-order valence-electron chi connectivity index (χ2n) is 14.4. The van der Waals surface area contributed by atoms with Crippen molar-refractivity contribution in [1.82, 2.24) is 29.6 Å². The number of rotatable bonds is 8. The second-order valence-corrected chi connectivity index (χ2v) is 14.4. The maximum absolute atomic E-state index is 14.1. The van der Waals surface area contributed by atoms with Crippen molar-refractivity contribution in [2.75, 3.05) is 45.9 Å². The number of piperidine rings is 2. The number of urea groups is 1. The summed E-state index contributed by atoms with van der Waals surface area (Å²) < 4.78 is 5.87. The van der Waals surface area contributed by atoms with Crippen LogP contribution in [0.5, 0.6) is 0 Å². The minimum Gasteiger partial charge on any atom is -0.379 e. The molecule has 4 aliphatic rings. The van der Waals surface area contributed by atoms with Crippen LogP contribution < -0.4 is 0 Å². The highest BCUT2D eigenvalue weighted by Gasteiger charge is 2.46. The second kappa shape index (κ2) is 14.3. The molecule has 0 N–H and O–H groups in total. The first-order valence-electron chi connectivity index (χ1n) is 17.7. The number of aryl methyl sites for hydroxylation is 2. The Morgan fingerprint density at radius 1 is 1.06 bits per heavy atom. The van der Waals surface area contributed by atoms with Crippen LogP contribution >= 0.6 is 0 Å². The Labute approximate surface area is 280 Å². The molecule has 0 unspecified atom stereocenters. The number of nitriles is 1. The summed E-state index contributed by atoms with van der Waals surface area (Å²) in [6.07, 6.45) is 10.3. The summed E-state index contributed by atoms with van der Waals surface area (Å²) in [6, 6.07) is 10.2. The smallest absolute Gasteiger partial charge is 0.320 e. The van der Waals surface area contributed by atoms with Gasteiger partial charge in [-0.05, 0) is 109 Å². The molecule has 47 heavy (non-hydrogen) atoms. The van der Waals surface area contributed by atoms with Gasteiger partial charge in [0, 0.05) is 63.7 Å². The van der Waals surface area contributed by atoms with Gasteiger partial charge < -0.3 is 19.4 Å². The fourth-order valence-corrected chi connectivity index (χ4v) is 8.63. The maximum Gasteiger partial charge on any atom is 0.320 e. The molecule has 1 saturated carbocycles. The first-order chi connectivity index (χ1) is 22.7. The van der Waals surface area contributed by atoms with Crippen molar-refractivity contribution in [3.8, 4) is 6.07 Å². The van der Waals surface area contributed by atoms with E-state index in [-0.39, 0.29) is 29.6 Å². The van der Waals surface area contributed by atoms with E-state index in [0.717, 1.165) is 88.9 Å². The molecule has 1 atom stereocenters. The Hall–Kier alpha value is -3.55. The third kappa shape index (κ3) is 7.02. The van der Waals surface area contributed by atoms with Crippen molar-refractivity contribution in [1.29, 1.82) is 5.26 Å². The molecule has 1 aliphatic carbocycles. The van der Waals surface area contributed by atoms with Gasteiger partial charge in [0.1, 0.15) is 11.8 Å². The van der Waals surface area contributed by atoms with Gasteiger partial charge in [-0.3, -0.25) is 14.7 Å². The highest BCUT2D eigenvalue weighted by atomic mass is 16.5. The lowest BCUT2D eigenvalue weighted by Gasteiger charge is -2.50. The predicted octanol–water partition coefficient (Wildman–Crippen LogP) is 5.50. The predicted molar refractivity (Wildman–Crippen MR) is 180 cm³/mol. The van der Waals surface area contributed by atoms with E-state index >= 15 is 0 Å². The Kier molecular flexibility index (Phi) is 10.1. The highest BCUT2D eigenvalue weighted by molar-refractivity contribution is 5.96. The molecule has 3 aliphatic heterocycles. The molecule has 0 aromatic carbocycles. The molecule has 3 amide bonds. The van der Waals surface area contributed by atoms with Gasteiger partial charge in [-0.1, -0.05) is 6.07 Å². The number of ether oxygens (including phenoxy) is 1. The Balaban J connectivity index is 1.07. The van der Waals surface area contributed by atoms with Crippen LogP contribution in [0.4, 0.5) is 4.79 Å². The average molecular weight is 642 g/mol. The van der Waals surface area contributed by atoms with Crippen LogP contribution in [0.15, 0.2) is 30.5 Å². The first kappa shape index (κ1) is 33.4. The number of carbonyl (C=O) groups is 2. The summed E-state index contributed by atoms with van der Waals surface area (Å²) in [5.41, 5.74) is 3.39. The van der Waals surface area contributed by atoms with Crippen molar-refractivity contribution < 1.29 is 14.3 Å². The molecule has 5 heterocycles. The zero-order valence-electron chi connectivity index (χ0n) is 28.7. The van der Waals surface area contributed by atoms with E-state index in [1.807, 2.05) is 37.1 Å². The van der Waals surface area contributed by atoms with E-state index in [9.17, 15) is 14.9 Å². The lowest BCUT2D eigenvalue weighted by Crippen LogP contribution is -2.58. The molecule has 6 rings (SSSR count). The van der Waals surface area contributed by atoms with Crippen LogP contribution in [0.2, 0.25) is 0 Å². The van der Waals surface area contributed by atoms with Gasteiger partial charge >= 0.3 is 6.03 Å². The molecular weight excluding hydrogens is 590 g/mol. The molecule has 3 saturated heterocycles. The molecule has 10 nitrogen and oxygen atoms in total. The summed E-state index contributed by atoms with van der Waals surface area (Å²) in [5, 5.41) is 9.26. The summed E-state index contributed by atoms with van der Waals surface area (Å²) in [5.74, 6) is 0.540. The molecule has 252 valence electrons. The quantitative estimate of drug-likeness (QED) is 0.375. The number of hydrogen-bond donors (Lipinski definition) is 0. The molecule has 4 fully saturated rings. The fourth-order valence-electron chi connectivity index (χ4n) is 8.63. The summed E-state index contributed by atoms with van der Waals surface area (Å²) in [6.45, 7) is 13.7. The zero-order valence-corrected chi connectivity index (χ0v) is 28.7. The third-order valence-electron chi connectivity index (χ3n) is 11.4. The van der Waals surface area contributed by atoms with Crippen molar-refractivity contribution >= 4 is 11.9 Å². The number of likely N-dealkylation sites (tertiary alicyclic amines) is 2. The zero-order chi connectivity index (χ0) is 33.1. The van der Waals surface area contributed by atoms with Crippen LogP contribution in [-0.4, -0.2) is 105 Å². The maximum atomic E-state index is 14.1. The van der Waals surface area contributed by atoms with Crippen LogP contribution in [0, 0.1) is 31.1 Å². The van der Waals surface area contributed by atoms with E-state index in [4.69, 9.17) is 9.72 Å². The first-order valence-corrected chi connectivity index (χ1v) is 17.7. The summed E-state index contributed by atoms with van der Waals surface area (Å²) in [7, 11) is 0. The number of aromatic nitrogens is 2. The number of amides is 3. The molecular formula is C37H51N7O3. The average Bonchev–Trinajstić information content (AvgIpc) is 3.41. The van der Waals surface area contributed by atoms with Gasteiger partial charge in [0.05, 0.1) is 29.1 Å². The van der Waals surface area contributed by atoms with Crippen molar-refractivity contribution in [2.45, 2.75) is 103 Å². The third-order valence-corrected chi connectivity index (χ3v) is 11.4. The lowest BCUT2D eigenvalue weighted by atomic mass is 9.85. The van der Waals surface area contributed by atoms with Crippen LogP contribution in [0.1, 0.15) is 104 Å². The Morgan fingerprint density at radius 3 is 2.40 bits per heavy atom. The normalized spacial score (nSPS) is 25.6. The van der Waals surface area contributed by atoms with E-state index in [1.165, 1.54) is 0 Å². The Morgan fingerprint density at radius 2 is 1.79 bits per heavy atom.